The van der Waals surface area contributed by atoms with Gasteiger partial charge in [0.2, 0.25) is 5.91 Å². The van der Waals surface area contributed by atoms with Crippen LogP contribution < -0.4 is 10.6 Å². The van der Waals surface area contributed by atoms with Gasteiger partial charge >= 0.3 is 6.03 Å². The fraction of sp³-hybridized carbons (Fsp3) is 0.417. The topological polar surface area (TPSA) is 61.4 Å². The van der Waals surface area contributed by atoms with Gasteiger partial charge in [-0.1, -0.05) is 60.2 Å². The van der Waals surface area contributed by atoms with Gasteiger partial charge in [-0.3, -0.25) is 4.79 Å². The van der Waals surface area contributed by atoms with Gasteiger partial charge in [0.05, 0.1) is 5.41 Å². The first-order valence-electron chi connectivity index (χ1n) is 10.4. The number of carbonyl (C=O) groups excluding carboxylic acids is 2. The third-order valence-corrected chi connectivity index (χ3v) is 5.64. The zero-order valence-corrected chi connectivity index (χ0v) is 17.4. The number of benzene rings is 2. The van der Waals surface area contributed by atoms with Crippen molar-refractivity contribution in [3.05, 3.63) is 71.3 Å². The summed E-state index contributed by atoms with van der Waals surface area (Å²) < 4.78 is 0. The number of urea groups is 1. The maximum absolute atomic E-state index is 12.9. The van der Waals surface area contributed by atoms with Gasteiger partial charge in [-0.2, -0.15) is 0 Å². The van der Waals surface area contributed by atoms with Crippen molar-refractivity contribution in [2.45, 2.75) is 39.7 Å². The molecule has 2 aromatic rings. The Morgan fingerprint density at radius 3 is 2.45 bits per heavy atom. The van der Waals surface area contributed by atoms with Crippen molar-refractivity contribution in [3.8, 4) is 0 Å². The molecule has 0 aromatic heterocycles. The Labute approximate surface area is 173 Å². The molecule has 1 saturated heterocycles. The van der Waals surface area contributed by atoms with E-state index in [1.54, 1.807) is 4.90 Å². The Balaban J connectivity index is 1.49. The van der Waals surface area contributed by atoms with Crippen LogP contribution in [0.5, 0.6) is 0 Å². The Morgan fingerprint density at radius 1 is 1.00 bits per heavy atom. The fourth-order valence-electron chi connectivity index (χ4n) is 3.77. The molecule has 1 aliphatic rings. The number of carbonyl (C=O) groups is 2. The second-order valence-electron chi connectivity index (χ2n) is 8.22. The number of piperidine rings is 1. The molecule has 2 N–H and O–H groups in total. The van der Waals surface area contributed by atoms with Gasteiger partial charge in [0.15, 0.2) is 0 Å². The molecule has 29 heavy (non-hydrogen) atoms. The molecule has 0 unspecified atom stereocenters. The highest BCUT2D eigenvalue weighted by Gasteiger charge is 2.39. The largest absolute Gasteiger partial charge is 0.351 e. The Hall–Kier alpha value is -2.82. The summed E-state index contributed by atoms with van der Waals surface area (Å²) in [5.74, 6) is 0.0138. The summed E-state index contributed by atoms with van der Waals surface area (Å²) in [4.78, 5) is 27.2. The predicted molar refractivity (Wildman–Crippen MR) is 115 cm³/mol. The van der Waals surface area contributed by atoms with Crippen LogP contribution in [-0.4, -0.2) is 36.5 Å². The third kappa shape index (κ3) is 5.83. The highest BCUT2D eigenvalue weighted by molar-refractivity contribution is 5.84. The van der Waals surface area contributed by atoms with Crippen LogP contribution in [0.2, 0.25) is 0 Å². The zero-order valence-electron chi connectivity index (χ0n) is 17.4. The van der Waals surface area contributed by atoms with Gasteiger partial charge in [-0.15, -0.1) is 0 Å². The molecule has 1 aliphatic heterocycles. The van der Waals surface area contributed by atoms with E-state index in [1.165, 1.54) is 11.1 Å². The minimum absolute atomic E-state index is 0.0138. The van der Waals surface area contributed by atoms with E-state index in [4.69, 9.17) is 0 Å². The molecule has 3 rings (SSSR count). The zero-order chi connectivity index (χ0) is 20.7. The van der Waals surface area contributed by atoms with Gasteiger partial charge in [-0.25, -0.2) is 4.79 Å². The number of hydrogen-bond donors (Lipinski definition) is 2. The van der Waals surface area contributed by atoms with Crippen LogP contribution >= 0.6 is 0 Å². The van der Waals surface area contributed by atoms with E-state index in [0.29, 0.717) is 26.2 Å². The Kier molecular flexibility index (Phi) is 6.91. The summed E-state index contributed by atoms with van der Waals surface area (Å²) in [6.07, 6.45) is 2.43. The van der Waals surface area contributed by atoms with E-state index in [9.17, 15) is 9.59 Å². The molecule has 3 amide bonds. The lowest BCUT2D eigenvalue weighted by Gasteiger charge is -2.39. The molecule has 5 heteroatoms. The summed E-state index contributed by atoms with van der Waals surface area (Å²) in [7, 11) is 0. The summed E-state index contributed by atoms with van der Waals surface area (Å²) in [6, 6.07) is 18.2. The van der Waals surface area contributed by atoms with Crippen LogP contribution in [0.25, 0.3) is 0 Å². The molecule has 1 atom stereocenters. The highest BCUT2D eigenvalue weighted by Crippen LogP contribution is 2.30. The Bertz CT molecular complexity index is 820. The lowest BCUT2D eigenvalue weighted by atomic mass is 9.81. The number of rotatable bonds is 6. The minimum Gasteiger partial charge on any atom is -0.351 e. The normalized spacial score (nSPS) is 18.9. The molecule has 1 fully saturated rings. The number of aryl methyl sites for hydroxylation is 1. The lowest BCUT2D eigenvalue weighted by Crippen LogP contribution is -2.54. The van der Waals surface area contributed by atoms with E-state index in [-0.39, 0.29) is 11.9 Å². The van der Waals surface area contributed by atoms with Crippen molar-refractivity contribution in [1.82, 2.24) is 15.5 Å². The summed E-state index contributed by atoms with van der Waals surface area (Å²) in [6.45, 7) is 6.25. The monoisotopic (exact) mass is 393 g/mol. The second kappa shape index (κ2) is 9.59. The van der Waals surface area contributed by atoms with Crippen molar-refractivity contribution in [1.29, 1.82) is 0 Å². The van der Waals surface area contributed by atoms with E-state index in [0.717, 1.165) is 24.8 Å². The average Bonchev–Trinajstić information content (AvgIpc) is 2.74. The number of hydrogen-bond acceptors (Lipinski definition) is 2. The maximum Gasteiger partial charge on any atom is 0.317 e. The fourth-order valence-corrected chi connectivity index (χ4v) is 3.77. The number of amides is 3. The lowest BCUT2D eigenvalue weighted by molar-refractivity contribution is -0.132. The first-order chi connectivity index (χ1) is 14.0. The third-order valence-electron chi connectivity index (χ3n) is 5.64. The minimum atomic E-state index is -0.556. The average molecular weight is 394 g/mol. The Morgan fingerprint density at radius 2 is 1.72 bits per heavy atom. The van der Waals surface area contributed by atoms with Crippen LogP contribution in [-0.2, 0) is 17.8 Å². The van der Waals surface area contributed by atoms with Crippen molar-refractivity contribution in [3.63, 3.8) is 0 Å². The predicted octanol–water partition coefficient (Wildman–Crippen LogP) is 3.67. The maximum atomic E-state index is 12.9. The van der Waals surface area contributed by atoms with Crippen LogP contribution in [0.1, 0.15) is 36.5 Å². The molecule has 0 spiro atoms. The first-order valence-corrected chi connectivity index (χ1v) is 10.4. The molecule has 154 valence electrons. The van der Waals surface area contributed by atoms with E-state index in [2.05, 4.69) is 22.8 Å². The molecule has 0 aliphatic carbocycles. The van der Waals surface area contributed by atoms with Crippen molar-refractivity contribution in [2.75, 3.05) is 19.6 Å². The highest BCUT2D eigenvalue weighted by atomic mass is 16.2. The van der Waals surface area contributed by atoms with Crippen LogP contribution in [0.4, 0.5) is 4.79 Å². The molecule has 1 heterocycles. The van der Waals surface area contributed by atoms with Crippen molar-refractivity contribution >= 4 is 11.9 Å². The standard InChI is InChI=1S/C24H31N3O2/c1-19-9-11-21(12-10-19)17-26-22(28)24(2)14-6-16-27(18-24)23(29)25-15-13-20-7-4-3-5-8-20/h3-5,7-12H,6,13-18H2,1-2H3,(H,25,29)(H,26,28)/t24-/m0/s1. The van der Waals surface area contributed by atoms with Crippen molar-refractivity contribution in [2.24, 2.45) is 5.41 Å². The van der Waals surface area contributed by atoms with Crippen molar-refractivity contribution < 1.29 is 9.59 Å². The molecular formula is C24H31N3O2. The van der Waals surface area contributed by atoms with Crippen LogP contribution in [0, 0.1) is 12.3 Å². The number of likely N-dealkylation sites (tertiary alicyclic amines) is 1. The molecule has 2 aromatic carbocycles. The van der Waals surface area contributed by atoms with Gasteiger partial charge in [-0.05, 0) is 44.2 Å². The van der Waals surface area contributed by atoms with Crippen LogP contribution in [0.3, 0.4) is 0 Å². The molecule has 5 nitrogen and oxygen atoms in total. The van der Waals surface area contributed by atoms with Gasteiger partial charge in [0.1, 0.15) is 0 Å². The van der Waals surface area contributed by atoms with E-state index >= 15 is 0 Å². The van der Waals surface area contributed by atoms with Gasteiger partial charge < -0.3 is 15.5 Å². The van der Waals surface area contributed by atoms with Crippen LogP contribution in [0.15, 0.2) is 54.6 Å². The van der Waals surface area contributed by atoms with E-state index in [1.807, 2.05) is 56.3 Å². The summed E-state index contributed by atoms with van der Waals surface area (Å²) in [5.41, 5.74) is 2.93. The number of nitrogens with one attached hydrogen (secondary N) is 2. The molecule has 0 saturated carbocycles. The SMILES string of the molecule is Cc1ccc(CNC(=O)[C@@]2(C)CCCN(C(=O)NCCc3ccccc3)C2)cc1. The number of nitrogens with zero attached hydrogens (tertiary/aromatic N) is 1. The quantitative estimate of drug-likeness (QED) is 0.787. The molecular weight excluding hydrogens is 362 g/mol. The summed E-state index contributed by atoms with van der Waals surface area (Å²) >= 11 is 0. The second-order valence-corrected chi connectivity index (χ2v) is 8.22. The molecule has 0 bridgehead atoms. The first kappa shape index (κ1) is 20.9. The van der Waals surface area contributed by atoms with E-state index < -0.39 is 5.41 Å². The van der Waals surface area contributed by atoms with Gasteiger partial charge in [0.25, 0.3) is 0 Å². The molecule has 0 radical (unpaired) electrons. The summed E-state index contributed by atoms with van der Waals surface area (Å²) in [5, 5.41) is 6.05. The smallest absolute Gasteiger partial charge is 0.317 e. The van der Waals surface area contributed by atoms with Gasteiger partial charge in [0, 0.05) is 26.2 Å².